The lowest BCUT2D eigenvalue weighted by Gasteiger charge is -2.56. The molecule has 0 aliphatic heterocycles. The fraction of sp³-hybridized carbons (Fsp3) is 0.733. The number of anilines is 1. The average Bonchev–Trinajstić information content (AvgIpc) is 2.78. The lowest BCUT2D eigenvalue weighted by molar-refractivity contribution is -0.124. The van der Waals surface area contributed by atoms with Crippen molar-refractivity contribution in [2.24, 2.45) is 23.2 Å². The lowest BCUT2D eigenvalue weighted by Crippen LogP contribution is -2.47. The Balaban J connectivity index is 1.46. The second kappa shape index (κ2) is 4.30. The highest BCUT2D eigenvalue weighted by atomic mass is 32.1. The maximum Gasteiger partial charge on any atom is 0.226 e. The van der Waals surface area contributed by atoms with Gasteiger partial charge in [0.1, 0.15) is 0 Å². The van der Waals surface area contributed by atoms with Gasteiger partial charge in [-0.15, -0.1) is 11.3 Å². The molecule has 0 spiro atoms. The minimum absolute atomic E-state index is 0.178. The van der Waals surface area contributed by atoms with Crippen LogP contribution < -0.4 is 5.32 Å². The summed E-state index contributed by atoms with van der Waals surface area (Å²) in [5.74, 6) is 2.92. The molecule has 1 aromatic heterocycles. The van der Waals surface area contributed by atoms with Crippen LogP contribution in [0.5, 0.6) is 0 Å². The Labute approximate surface area is 117 Å². The van der Waals surface area contributed by atoms with Gasteiger partial charge in [-0.05, 0) is 61.7 Å². The van der Waals surface area contributed by atoms with Crippen molar-refractivity contribution >= 4 is 22.4 Å². The number of thiazole rings is 1. The molecule has 4 saturated carbocycles. The fourth-order valence-electron chi connectivity index (χ4n) is 5.30. The topological polar surface area (TPSA) is 42.0 Å². The Hall–Kier alpha value is -0.900. The highest BCUT2D eigenvalue weighted by molar-refractivity contribution is 7.13. The molecule has 0 radical (unpaired) electrons. The van der Waals surface area contributed by atoms with Crippen molar-refractivity contribution in [3.8, 4) is 0 Å². The van der Waals surface area contributed by atoms with Crippen LogP contribution in [0, 0.1) is 23.2 Å². The summed E-state index contributed by atoms with van der Waals surface area (Å²) in [5, 5.41) is 5.61. The van der Waals surface area contributed by atoms with E-state index in [9.17, 15) is 4.79 Å². The summed E-state index contributed by atoms with van der Waals surface area (Å²) in [6.45, 7) is 0. The molecule has 1 N–H and O–H groups in total. The van der Waals surface area contributed by atoms with Crippen molar-refractivity contribution in [1.82, 2.24) is 4.98 Å². The van der Waals surface area contributed by atoms with Gasteiger partial charge in [0.2, 0.25) is 5.91 Å². The van der Waals surface area contributed by atoms with Crippen molar-refractivity contribution in [3.05, 3.63) is 11.6 Å². The number of carbonyl (C=O) groups excluding carboxylic acids is 1. The van der Waals surface area contributed by atoms with Crippen LogP contribution in [0.25, 0.3) is 0 Å². The first-order valence-electron chi connectivity index (χ1n) is 7.40. The number of carbonyl (C=O) groups is 1. The predicted molar refractivity (Wildman–Crippen MR) is 76.0 cm³/mol. The molecule has 102 valence electrons. The smallest absolute Gasteiger partial charge is 0.226 e. The number of hydrogen-bond donors (Lipinski definition) is 1. The van der Waals surface area contributed by atoms with E-state index in [1.807, 2.05) is 5.38 Å². The molecule has 0 atom stereocenters. The molecule has 0 aromatic carbocycles. The molecule has 3 nitrogen and oxygen atoms in total. The zero-order valence-corrected chi connectivity index (χ0v) is 11.9. The zero-order chi connectivity index (χ0) is 12.9. The van der Waals surface area contributed by atoms with Gasteiger partial charge in [0.15, 0.2) is 5.13 Å². The summed E-state index contributed by atoms with van der Waals surface area (Å²) in [6.07, 6.45) is 10.7. The summed E-state index contributed by atoms with van der Waals surface area (Å²) in [7, 11) is 0. The predicted octanol–water partition coefficient (Wildman–Crippen LogP) is 3.69. The van der Waals surface area contributed by atoms with Gasteiger partial charge < -0.3 is 5.32 Å². The van der Waals surface area contributed by atoms with Crippen LogP contribution in [-0.2, 0) is 4.79 Å². The maximum absolute atomic E-state index is 12.3. The fourth-order valence-corrected chi connectivity index (χ4v) is 5.84. The van der Waals surface area contributed by atoms with E-state index in [-0.39, 0.29) is 5.91 Å². The Kier molecular flexibility index (Phi) is 2.69. The van der Waals surface area contributed by atoms with E-state index >= 15 is 0 Å². The first kappa shape index (κ1) is 11.9. The van der Waals surface area contributed by atoms with E-state index < -0.39 is 0 Å². The molecule has 4 heteroatoms. The third kappa shape index (κ3) is 2.20. The molecule has 0 saturated heterocycles. The van der Waals surface area contributed by atoms with Crippen molar-refractivity contribution in [2.45, 2.75) is 44.9 Å². The van der Waals surface area contributed by atoms with Crippen LogP contribution in [0.15, 0.2) is 11.6 Å². The molecule has 4 bridgehead atoms. The van der Waals surface area contributed by atoms with Crippen molar-refractivity contribution in [2.75, 3.05) is 5.32 Å². The molecule has 1 amide bonds. The molecule has 5 rings (SSSR count). The molecule has 0 unspecified atom stereocenters. The van der Waals surface area contributed by atoms with E-state index in [2.05, 4.69) is 10.3 Å². The number of nitrogens with zero attached hydrogens (tertiary/aromatic N) is 1. The Bertz CT molecular complexity index is 447. The van der Waals surface area contributed by atoms with Crippen LogP contribution in [-0.4, -0.2) is 10.9 Å². The van der Waals surface area contributed by atoms with Crippen LogP contribution in [0.4, 0.5) is 5.13 Å². The van der Waals surface area contributed by atoms with Crippen LogP contribution in [0.2, 0.25) is 0 Å². The van der Waals surface area contributed by atoms with Crippen LogP contribution in [0.3, 0.4) is 0 Å². The quantitative estimate of drug-likeness (QED) is 0.915. The molecular formula is C15H20N2OS. The Morgan fingerprint density at radius 1 is 1.26 bits per heavy atom. The second-order valence-electron chi connectivity index (χ2n) is 6.98. The number of hydrogen-bond acceptors (Lipinski definition) is 3. The van der Waals surface area contributed by atoms with Crippen molar-refractivity contribution in [1.29, 1.82) is 0 Å². The molecular weight excluding hydrogens is 256 g/mol. The van der Waals surface area contributed by atoms with E-state index in [1.165, 1.54) is 49.9 Å². The molecule has 4 fully saturated rings. The van der Waals surface area contributed by atoms with Crippen molar-refractivity contribution in [3.63, 3.8) is 0 Å². The minimum atomic E-state index is 0.178. The van der Waals surface area contributed by atoms with Gasteiger partial charge >= 0.3 is 0 Å². The summed E-state index contributed by atoms with van der Waals surface area (Å²) in [6, 6.07) is 0. The summed E-state index contributed by atoms with van der Waals surface area (Å²) in [5.41, 5.74) is 0.329. The molecule has 1 aromatic rings. The normalized spacial score (nSPS) is 39.5. The zero-order valence-electron chi connectivity index (χ0n) is 11.1. The molecule has 4 aliphatic rings. The largest absolute Gasteiger partial charge is 0.302 e. The van der Waals surface area contributed by atoms with Gasteiger partial charge in [-0.2, -0.15) is 0 Å². The van der Waals surface area contributed by atoms with E-state index in [1.54, 1.807) is 6.20 Å². The second-order valence-corrected chi connectivity index (χ2v) is 7.87. The van der Waals surface area contributed by atoms with Gasteiger partial charge in [0, 0.05) is 18.0 Å². The van der Waals surface area contributed by atoms with Gasteiger partial charge in [0.25, 0.3) is 0 Å². The van der Waals surface area contributed by atoms with E-state index in [0.29, 0.717) is 5.41 Å². The standard InChI is InChI=1S/C15H20N2OS/c18-13(17-14-16-1-2-19-14)9-15-6-10-3-11(7-15)5-12(4-10)8-15/h1-2,10-12H,3-9H2,(H,16,17,18). The minimum Gasteiger partial charge on any atom is -0.302 e. The van der Waals surface area contributed by atoms with Crippen molar-refractivity contribution < 1.29 is 4.79 Å². The molecule has 19 heavy (non-hydrogen) atoms. The first-order chi connectivity index (χ1) is 9.21. The summed E-state index contributed by atoms with van der Waals surface area (Å²) in [4.78, 5) is 16.4. The molecule has 1 heterocycles. The third-order valence-corrected chi connectivity index (χ3v) is 6.07. The summed E-state index contributed by atoms with van der Waals surface area (Å²) >= 11 is 1.50. The number of rotatable bonds is 3. The third-order valence-electron chi connectivity index (χ3n) is 5.38. The van der Waals surface area contributed by atoms with E-state index in [0.717, 1.165) is 29.3 Å². The van der Waals surface area contributed by atoms with Gasteiger partial charge in [0.05, 0.1) is 0 Å². The molecule has 4 aliphatic carbocycles. The SMILES string of the molecule is O=C(CC12CC3CC(CC(C3)C1)C2)Nc1nccs1. The monoisotopic (exact) mass is 276 g/mol. The highest BCUT2D eigenvalue weighted by Gasteiger charge is 2.51. The van der Waals surface area contributed by atoms with E-state index in [4.69, 9.17) is 0 Å². The average molecular weight is 276 g/mol. The van der Waals surface area contributed by atoms with Gasteiger partial charge in [-0.1, -0.05) is 0 Å². The van der Waals surface area contributed by atoms with Gasteiger partial charge in [-0.25, -0.2) is 4.98 Å². The van der Waals surface area contributed by atoms with Crippen LogP contribution in [0.1, 0.15) is 44.9 Å². The lowest BCUT2D eigenvalue weighted by atomic mass is 9.49. The Morgan fingerprint density at radius 3 is 2.42 bits per heavy atom. The Morgan fingerprint density at radius 2 is 1.89 bits per heavy atom. The van der Waals surface area contributed by atoms with Crippen LogP contribution >= 0.6 is 11.3 Å². The number of nitrogens with one attached hydrogen (secondary N) is 1. The number of amides is 1. The van der Waals surface area contributed by atoms with Gasteiger partial charge in [-0.3, -0.25) is 4.79 Å². The number of aromatic nitrogens is 1. The summed E-state index contributed by atoms with van der Waals surface area (Å²) < 4.78 is 0. The first-order valence-corrected chi connectivity index (χ1v) is 8.28. The highest BCUT2D eigenvalue weighted by Crippen LogP contribution is 2.61. The maximum atomic E-state index is 12.3.